The maximum absolute atomic E-state index is 11.9. The molecule has 2 N–H and O–H groups in total. The Morgan fingerprint density at radius 3 is 2.40 bits per heavy atom. The maximum Gasteiger partial charge on any atom is 0.387 e. The highest BCUT2D eigenvalue weighted by atomic mass is 19.3. The van der Waals surface area contributed by atoms with Gasteiger partial charge in [0.1, 0.15) is 5.75 Å². The molecule has 0 saturated heterocycles. The summed E-state index contributed by atoms with van der Waals surface area (Å²) in [6.45, 7) is -0.568. The molecule has 7 heteroatoms. The van der Waals surface area contributed by atoms with Crippen LogP contribution < -0.4 is 15.4 Å². The van der Waals surface area contributed by atoms with E-state index >= 15 is 0 Å². The molecule has 20 heavy (non-hydrogen) atoms. The Balaban J connectivity index is 2.45. The number of hydrogen-bond donors (Lipinski definition) is 2. The number of carbonyl (C=O) groups excluding carboxylic acids is 2. The second-order valence-corrected chi connectivity index (χ2v) is 3.94. The van der Waals surface area contributed by atoms with Crippen LogP contribution in [0.15, 0.2) is 24.3 Å². The molecule has 1 aromatic carbocycles. The first-order chi connectivity index (χ1) is 9.52. The van der Waals surface area contributed by atoms with Gasteiger partial charge >= 0.3 is 6.61 Å². The van der Waals surface area contributed by atoms with Gasteiger partial charge in [-0.15, -0.1) is 0 Å². The summed E-state index contributed by atoms with van der Waals surface area (Å²) >= 11 is 0. The summed E-state index contributed by atoms with van der Waals surface area (Å²) in [5.41, 5.74) is 0.259. The number of carbonyl (C=O) groups is 2. The van der Waals surface area contributed by atoms with Gasteiger partial charge in [0.05, 0.1) is 6.54 Å². The Hall–Kier alpha value is -2.18. The second-order valence-electron chi connectivity index (χ2n) is 3.94. The number of rotatable bonds is 7. The van der Waals surface area contributed by atoms with Crippen molar-refractivity contribution in [3.05, 3.63) is 29.8 Å². The van der Waals surface area contributed by atoms with E-state index in [2.05, 4.69) is 15.4 Å². The largest absolute Gasteiger partial charge is 0.435 e. The fourth-order valence-electron chi connectivity index (χ4n) is 1.38. The van der Waals surface area contributed by atoms with Gasteiger partial charge in [-0.25, -0.2) is 0 Å². The van der Waals surface area contributed by atoms with Gasteiger partial charge in [-0.1, -0.05) is 6.92 Å². The molecule has 0 atom stereocenters. The topological polar surface area (TPSA) is 67.4 Å². The molecular weight excluding hydrogens is 270 g/mol. The van der Waals surface area contributed by atoms with Crippen LogP contribution in [0.3, 0.4) is 0 Å². The first-order valence-electron chi connectivity index (χ1n) is 6.12. The normalized spacial score (nSPS) is 10.2. The van der Waals surface area contributed by atoms with Gasteiger partial charge in [-0.05, 0) is 30.7 Å². The lowest BCUT2D eigenvalue weighted by Crippen LogP contribution is -2.37. The highest BCUT2D eigenvalue weighted by Crippen LogP contribution is 2.14. The molecular formula is C13H16F2N2O3. The molecule has 5 nitrogen and oxygen atoms in total. The average Bonchev–Trinajstić information content (AvgIpc) is 2.42. The van der Waals surface area contributed by atoms with Gasteiger partial charge in [-0.2, -0.15) is 8.78 Å². The molecule has 0 saturated carbocycles. The van der Waals surface area contributed by atoms with Gasteiger partial charge in [0.25, 0.3) is 5.91 Å². The third-order valence-electron chi connectivity index (χ3n) is 2.32. The van der Waals surface area contributed by atoms with E-state index in [-0.39, 0.29) is 23.8 Å². The fraction of sp³-hybridized carbons (Fsp3) is 0.385. The smallest absolute Gasteiger partial charge is 0.387 e. The van der Waals surface area contributed by atoms with E-state index < -0.39 is 12.5 Å². The second kappa shape index (κ2) is 8.08. The number of hydrogen-bond acceptors (Lipinski definition) is 3. The average molecular weight is 286 g/mol. The third kappa shape index (κ3) is 5.64. The van der Waals surface area contributed by atoms with Crippen LogP contribution >= 0.6 is 0 Å². The lowest BCUT2D eigenvalue weighted by molar-refractivity contribution is -0.120. The summed E-state index contributed by atoms with van der Waals surface area (Å²) in [6.07, 6.45) is 0.811. The van der Waals surface area contributed by atoms with Gasteiger partial charge in [0, 0.05) is 12.1 Å². The number of amides is 2. The van der Waals surface area contributed by atoms with Gasteiger partial charge in [0.15, 0.2) is 0 Å². The van der Waals surface area contributed by atoms with Crippen molar-refractivity contribution in [3.63, 3.8) is 0 Å². The summed E-state index contributed by atoms with van der Waals surface area (Å²) < 4.78 is 28.1. The summed E-state index contributed by atoms with van der Waals surface area (Å²) in [6, 6.07) is 5.21. The molecule has 0 aliphatic carbocycles. The van der Waals surface area contributed by atoms with E-state index in [1.807, 2.05) is 6.92 Å². The van der Waals surface area contributed by atoms with E-state index in [1.165, 1.54) is 24.3 Å². The first kappa shape index (κ1) is 15.9. The molecule has 0 heterocycles. The van der Waals surface area contributed by atoms with Crippen molar-refractivity contribution in [2.75, 3.05) is 13.1 Å². The maximum atomic E-state index is 11.9. The molecule has 1 aromatic rings. The Labute approximate surface area is 115 Å². The number of halogens is 2. The van der Waals surface area contributed by atoms with Crippen LogP contribution in [0.4, 0.5) is 8.78 Å². The van der Waals surface area contributed by atoms with E-state index in [0.717, 1.165) is 6.42 Å². The number of alkyl halides is 2. The summed E-state index contributed by atoms with van der Waals surface area (Å²) in [7, 11) is 0. The van der Waals surface area contributed by atoms with Gasteiger partial charge in [0.2, 0.25) is 5.91 Å². The zero-order chi connectivity index (χ0) is 15.0. The van der Waals surface area contributed by atoms with Crippen LogP contribution in [-0.2, 0) is 4.79 Å². The fourth-order valence-corrected chi connectivity index (χ4v) is 1.38. The highest BCUT2D eigenvalue weighted by Gasteiger charge is 2.09. The van der Waals surface area contributed by atoms with Crippen molar-refractivity contribution >= 4 is 11.8 Å². The van der Waals surface area contributed by atoms with Crippen LogP contribution in [0.1, 0.15) is 23.7 Å². The van der Waals surface area contributed by atoms with Gasteiger partial charge in [-0.3, -0.25) is 9.59 Å². The number of nitrogens with one attached hydrogen (secondary N) is 2. The number of benzene rings is 1. The summed E-state index contributed by atoms with van der Waals surface area (Å²) in [5, 5.41) is 5.04. The monoisotopic (exact) mass is 286 g/mol. The molecule has 1 rings (SSSR count). The van der Waals surface area contributed by atoms with Crippen LogP contribution in [0, 0.1) is 0 Å². The molecule has 0 spiro atoms. The molecule has 0 radical (unpaired) electrons. The minimum absolute atomic E-state index is 0.0303. The molecule has 0 bridgehead atoms. The molecule has 110 valence electrons. The SMILES string of the molecule is CCCNC(=O)CNC(=O)c1ccc(OC(F)F)cc1. The van der Waals surface area contributed by atoms with E-state index in [1.54, 1.807) is 0 Å². The van der Waals surface area contributed by atoms with Crippen molar-refractivity contribution in [1.29, 1.82) is 0 Å². The zero-order valence-corrected chi connectivity index (χ0v) is 11.0. The number of ether oxygens (including phenoxy) is 1. The van der Waals surface area contributed by atoms with E-state index in [4.69, 9.17) is 0 Å². The lowest BCUT2D eigenvalue weighted by atomic mass is 10.2. The van der Waals surface area contributed by atoms with Crippen molar-refractivity contribution < 1.29 is 23.1 Å². The highest BCUT2D eigenvalue weighted by molar-refractivity contribution is 5.96. The van der Waals surface area contributed by atoms with E-state index in [0.29, 0.717) is 6.54 Å². The molecule has 0 aliphatic heterocycles. The summed E-state index contributed by atoms with van der Waals surface area (Å²) in [4.78, 5) is 23.0. The quantitative estimate of drug-likeness (QED) is 0.799. The standard InChI is InChI=1S/C13H16F2N2O3/c1-2-7-16-11(18)8-17-12(19)9-3-5-10(6-4-9)20-13(14)15/h3-6,13H,2,7-8H2,1H3,(H,16,18)(H,17,19). The minimum Gasteiger partial charge on any atom is -0.435 e. The Kier molecular flexibility index (Phi) is 6.42. The first-order valence-corrected chi connectivity index (χ1v) is 6.12. The predicted molar refractivity (Wildman–Crippen MR) is 68.7 cm³/mol. The molecule has 0 aromatic heterocycles. The zero-order valence-electron chi connectivity index (χ0n) is 11.0. The predicted octanol–water partition coefficient (Wildman–Crippen LogP) is 1.54. The lowest BCUT2D eigenvalue weighted by Gasteiger charge is -2.07. The summed E-state index contributed by atoms with van der Waals surface area (Å²) in [5.74, 6) is -0.768. The van der Waals surface area contributed by atoms with Crippen molar-refractivity contribution in [1.82, 2.24) is 10.6 Å². The Bertz CT molecular complexity index is 449. The minimum atomic E-state index is -2.91. The van der Waals surface area contributed by atoms with Crippen molar-refractivity contribution in [2.24, 2.45) is 0 Å². The van der Waals surface area contributed by atoms with Crippen LogP contribution in [0.2, 0.25) is 0 Å². The molecule has 0 fully saturated rings. The van der Waals surface area contributed by atoms with Crippen LogP contribution in [-0.4, -0.2) is 31.5 Å². The third-order valence-corrected chi connectivity index (χ3v) is 2.32. The van der Waals surface area contributed by atoms with Gasteiger partial charge < -0.3 is 15.4 Å². The van der Waals surface area contributed by atoms with Crippen molar-refractivity contribution in [2.45, 2.75) is 20.0 Å². The molecule has 0 unspecified atom stereocenters. The Morgan fingerprint density at radius 2 is 1.85 bits per heavy atom. The van der Waals surface area contributed by atoms with Crippen molar-refractivity contribution in [3.8, 4) is 5.75 Å². The Morgan fingerprint density at radius 1 is 1.20 bits per heavy atom. The van der Waals surface area contributed by atoms with Crippen LogP contribution in [0.5, 0.6) is 5.75 Å². The molecule has 2 amide bonds. The molecule has 0 aliphatic rings. The van der Waals surface area contributed by atoms with E-state index in [9.17, 15) is 18.4 Å². The van der Waals surface area contributed by atoms with Crippen LogP contribution in [0.25, 0.3) is 0 Å².